The van der Waals surface area contributed by atoms with E-state index in [4.69, 9.17) is 14.2 Å². The maximum absolute atomic E-state index is 13.9. The molecule has 4 aromatic rings. The quantitative estimate of drug-likeness (QED) is 0.446. The summed E-state index contributed by atoms with van der Waals surface area (Å²) in [4.78, 5) is 16.9. The Balaban J connectivity index is 1.95. The van der Waals surface area contributed by atoms with E-state index in [1.165, 1.54) is 33.5 Å². The fraction of sp³-hybridized carbons (Fsp3) is 0.125. The molecule has 0 aliphatic rings. The Morgan fingerprint density at radius 1 is 0.867 bits per heavy atom. The van der Waals surface area contributed by atoms with Gasteiger partial charge in [0.15, 0.2) is 17.3 Å². The van der Waals surface area contributed by atoms with E-state index in [1.54, 1.807) is 24.3 Å². The van der Waals surface area contributed by atoms with Crippen molar-refractivity contribution in [1.82, 2.24) is 4.98 Å². The second-order valence-corrected chi connectivity index (χ2v) is 6.67. The molecule has 0 aliphatic carbocycles. The van der Waals surface area contributed by atoms with E-state index in [9.17, 15) is 9.18 Å². The molecule has 3 aromatic carbocycles. The predicted octanol–water partition coefficient (Wildman–Crippen LogP) is 5.23. The highest BCUT2D eigenvalue weighted by atomic mass is 19.1. The van der Waals surface area contributed by atoms with E-state index >= 15 is 0 Å². The molecule has 0 fully saturated rings. The lowest BCUT2D eigenvalue weighted by Crippen LogP contribution is -2.05. The molecule has 1 N–H and O–H groups in total. The molecular formula is C24H20FNO4. The van der Waals surface area contributed by atoms with Crippen LogP contribution < -0.4 is 14.2 Å². The van der Waals surface area contributed by atoms with Gasteiger partial charge in [-0.25, -0.2) is 4.39 Å². The van der Waals surface area contributed by atoms with Crippen LogP contribution >= 0.6 is 0 Å². The van der Waals surface area contributed by atoms with Gasteiger partial charge < -0.3 is 19.2 Å². The minimum absolute atomic E-state index is 0.244. The fourth-order valence-corrected chi connectivity index (χ4v) is 3.59. The van der Waals surface area contributed by atoms with Gasteiger partial charge in [-0.3, -0.25) is 4.79 Å². The van der Waals surface area contributed by atoms with Crippen molar-refractivity contribution in [3.63, 3.8) is 0 Å². The Bertz CT molecular complexity index is 1220. The molecule has 152 valence electrons. The van der Waals surface area contributed by atoms with Gasteiger partial charge in [0.25, 0.3) is 0 Å². The van der Waals surface area contributed by atoms with Gasteiger partial charge in [-0.05, 0) is 30.3 Å². The topological polar surface area (TPSA) is 60.6 Å². The van der Waals surface area contributed by atoms with E-state index in [0.717, 1.165) is 10.9 Å². The summed E-state index contributed by atoms with van der Waals surface area (Å²) in [5.74, 6) is 0.545. The Morgan fingerprint density at radius 2 is 1.57 bits per heavy atom. The molecular weight excluding hydrogens is 385 g/mol. The monoisotopic (exact) mass is 405 g/mol. The van der Waals surface area contributed by atoms with Crippen molar-refractivity contribution in [2.75, 3.05) is 21.3 Å². The minimum atomic E-state index is -0.377. The molecule has 0 unspecified atom stereocenters. The van der Waals surface area contributed by atoms with Crippen LogP contribution in [0.1, 0.15) is 15.9 Å². The zero-order valence-corrected chi connectivity index (χ0v) is 16.8. The van der Waals surface area contributed by atoms with Gasteiger partial charge >= 0.3 is 0 Å². The van der Waals surface area contributed by atoms with Crippen molar-refractivity contribution in [3.05, 3.63) is 77.6 Å². The molecule has 0 saturated heterocycles. The zero-order chi connectivity index (χ0) is 21.3. The number of ether oxygens (including phenoxy) is 3. The smallest absolute Gasteiger partial charge is 0.203 e. The SMILES string of the molecule is COc1cc(C(=O)c2c(-c3cccc(F)c3)[nH]c3ccccc23)cc(OC)c1OC. The van der Waals surface area contributed by atoms with Crippen LogP contribution in [0.5, 0.6) is 17.2 Å². The summed E-state index contributed by atoms with van der Waals surface area (Å²) >= 11 is 0. The van der Waals surface area contributed by atoms with E-state index in [-0.39, 0.29) is 11.6 Å². The van der Waals surface area contributed by atoms with E-state index in [1.807, 2.05) is 24.3 Å². The number of halogens is 1. The highest BCUT2D eigenvalue weighted by molar-refractivity contribution is 6.20. The number of H-pyrrole nitrogens is 1. The van der Waals surface area contributed by atoms with Crippen LogP contribution in [0.2, 0.25) is 0 Å². The maximum atomic E-state index is 13.9. The first-order valence-corrected chi connectivity index (χ1v) is 9.28. The number of carbonyl (C=O) groups excluding carboxylic acids is 1. The lowest BCUT2D eigenvalue weighted by Gasteiger charge is -2.14. The van der Waals surface area contributed by atoms with Crippen LogP contribution in [0, 0.1) is 5.82 Å². The first kappa shape index (κ1) is 19.5. The second-order valence-electron chi connectivity index (χ2n) is 6.67. The molecule has 0 radical (unpaired) electrons. The predicted molar refractivity (Wildman–Crippen MR) is 113 cm³/mol. The summed E-state index contributed by atoms with van der Waals surface area (Å²) in [5.41, 5.74) is 2.74. The largest absolute Gasteiger partial charge is 0.493 e. The van der Waals surface area contributed by atoms with Crippen molar-refractivity contribution in [1.29, 1.82) is 0 Å². The average molecular weight is 405 g/mol. The van der Waals surface area contributed by atoms with Crippen molar-refractivity contribution < 1.29 is 23.4 Å². The number of methoxy groups -OCH3 is 3. The lowest BCUT2D eigenvalue weighted by molar-refractivity contribution is 0.104. The van der Waals surface area contributed by atoms with Gasteiger partial charge in [0.2, 0.25) is 5.75 Å². The highest BCUT2D eigenvalue weighted by Crippen LogP contribution is 2.40. The van der Waals surface area contributed by atoms with Crippen LogP contribution in [0.4, 0.5) is 4.39 Å². The van der Waals surface area contributed by atoms with Crippen molar-refractivity contribution in [2.45, 2.75) is 0 Å². The summed E-state index contributed by atoms with van der Waals surface area (Å²) in [6.45, 7) is 0. The average Bonchev–Trinajstić information content (AvgIpc) is 3.17. The highest BCUT2D eigenvalue weighted by Gasteiger charge is 2.24. The molecule has 0 amide bonds. The third-order valence-electron chi connectivity index (χ3n) is 4.97. The molecule has 0 atom stereocenters. The number of aromatic nitrogens is 1. The van der Waals surface area contributed by atoms with Crippen LogP contribution in [0.3, 0.4) is 0 Å². The van der Waals surface area contributed by atoms with Crippen LogP contribution in [-0.4, -0.2) is 32.1 Å². The van der Waals surface area contributed by atoms with E-state index < -0.39 is 0 Å². The van der Waals surface area contributed by atoms with Gasteiger partial charge in [-0.2, -0.15) is 0 Å². The number of nitrogens with one attached hydrogen (secondary N) is 1. The number of para-hydroxylation sites is 1. The molecule has 1 heterocycles. The molecule has 0 bridgehead atoms. The molecule has 1 aromatic heterocycles. The first-order chi connectivity index (χ1) is 14.6. The first-order valence-electron chi connectivity index (χ1n) is 9.28. The Kier molecular flexibility index (Phi) is 5.14. The Labute approximate surface area is 173 Å². The summed E-state index contributed by atoms with van der Waals surface area (Å²) in [6.07, 6.45) is 0. The zero-order valence-electron chi connectivity index (χ0n) is 16.8. The molecule has 0 aliphatic heterocycles. The minimum Gasteiger partial charge on any atom is -0.493 e. The molecule has 0 saturated carbocycles. The molecule has 0 spiro atoms. The molecule has 30 heavy (non-hydrogen) atoms. The summed E-state index contributed by atoms with van der Waals surface area (Å²) in [5, 5.41) is 0.746. The molecule has 5 nitrogen and oxygen atoms in total. The second kappa shape index (κ2) is 7.91. The maximum Gasteiger partial charge on any atom is 0.203 e. The number of hydrogen-bond donors (Lipinski definition) is 1. The number of hydrogen-bond acceptors (Lipinski definition) is 4. The van der Waals surface area contributed by atoms with Crippen molar-refractivity contribution in [2.24, 2.45) is 0 Å². The van der Waals surface area contributed by atoms with Crippen LogP contribution in [0.15, 0.2) is 60.7 Å². The van der Waals surface area contributed by atoms with E-state index in [2.05, 4.69) is 4.98 Å². The number of carbonyl (C=O) groups is 1. The summed E-state index contributed by atoms with van der Waals surface area (Å²) in [7, 11) is 4.49. The molecule has 6 heteroatoms. The summed E-state index contributed by atoms with van der Waals surface area (Å²) < 4.78 is 30.0. The van der Waals surface area contributed by atoms with Gasteiger partial charge in [-0.15, -0.1) is 0 Å². The van der Waals surface area contributed by atoms with Crippen molar-refractivity contribution in [3.8, 4) is 28.5 Å². The normalized spacial score (nSPS) is 10.8. The van der Waals surface area contributed by atoms with Gasteiger partial charge in [-0.1, -0.05) is 30.3 Å². The number of benzene rings is 3. The number of ketones is 1. The van der Waals surface area contributed by atoms with Crippen LogP contribution in [0.25, 0.3) is 22.2 Å². The third kappa shape index (κ3) is 3.26. The fourth-order valence-electron chi connectivity index (χ4n) is 3.59. The number of fused-ring (bicyclic) bond motifs is 1. The van der Waals surface area contributed by atoms with E-state index in [0.29, 0.717) is 39.6 Å². The Hall–Kier alpha value is -3.80. The Morgan fingerprint density at radius 3 is 2.20 bits per heavy atom. The summed E-state index contributed by atoms with van der Waals surface area (Å²) in [6, 6.07) is 16.8. The third-order valence-corrected chi connectivity index (χ3v) is 4.97. The molecule has 4 rings (SSSR count). The number of aromatic amines is 1. The number of rotatable bonds is 6. The van der Waals surface area contributed by atoms with Gasteiger partial charge in [0.05, 0.1) is 32.6 Å². The van der Waals surface area contributed by atoms with Gasteiger partial charge in [0, 0.05) is 22.0 Å². The lowest BCUT2D eigenvalue weighted by atomic mass is 9.96. The standard InChI is InChI=1S/C24H20FNO4/c1-28-19-12-15(13-20(29-2)24(19)30-3)23(27)21-17-9-4-5-10-18(17)26-22(21)14-7-6-8-16(25)11-14/h4-13,26H,1-3H3. The van der Waals surface area contributed by atoms with Crippen molar-refractivity contribution >= 4 is 16.7 Å². The van der Waals surface area contributed by atoms with Crippen LogP contribution in [-0.2, 0) is 0 Å². The van der Waals surface area contributed by atoms with Gasteiger partial charge in [0.1, 0.15) is 5.82 Å².